The van der Waals surface area contributed by atoms with Crippen molar-refractivity contribution in [1.82, 2.24) is 9.88 Å². The summed E-state index contributed by atoms with van der Waals surface area (Å²) in [5, 5.41) is 0. The van der Waals surface area contributed by atoms with Crippen LogP contribution in [0.4, 0.5) is 0 Å². The highest BCUT2D eigenvalue weighted by Gasteiger charge is 2.38. The third kappa shape index (κ3) is 2.58. The molecule has 0 aliphatic carbocycles. The van der Waals surface area contributed by atoms with E-state index in [1.54, 1.807) is 6.20 Å². The third-order valence-corrected chi connectivity index (χ3v) is 3.03. The molecule has 0 atom stereocenters. The molecule has 88 valence electrons. The van der Waals surface area contributed by atoms with Gasteiger partial charge in [0.2, 0.25) is 0 Å². The molecule has 4 nitrogen and oxygen atoms in total. The minimum absolute atomic E-state index is 0.178. The van der Waals surface area contributed by atoms with Crippen molar-refractivity contribution < 1.29 is 4.74 Å². The van der Waals surface area contributed by atoms with Crippen LogP contribution in [0.15, 0.2) is 24.5 Å². The zero-order valence-electron chi connectivity index (χ0n) is 9.72. The van der Waals surface area contributed by atoms with E-state index in [0.717, 1.165) is 26.3 Å². The quantitative estimate of drug-likeness (QED) is 0.786. The summed E-state index contributed by atoms with van der Waals surface area (Å²) >= 11 is 0. The van der Waals surface area contributed by atoms with E-state index in [4.69, 9.17) is 10.5 Å². The molecule has 4 heteroatoms. The van der Waals surface area contributed by atoms with Gasteiger partial charge in [-0.1, -0.05) is 6.07 Å². The summed E-state index contributed by atoms with van der Waals surface area (Å²) in [6.07, 6.45) is 3.70. The number of hydrogen-bond acceptors (Lipinski definition) is 4. The van der Waals surface area contributed by atoms with Crippen LogP contribution >= 0.6 is 0 Å². The van der Waals surface area contributed by atoms with E-state index in [9.17, 15) is 0 Å². The molecule has 0 bridgehead atoms. The second-order valence-electron chi connectivity index (χ2n) is 4.73. The second-order valence-corrected chi connectivity index (χ2v) is 4.73. The smallest absolute Gasteiger partial charge is 0.0569 e. The average Bonchev–Trinajstić information content (AvgIpc) is 2.25. The van der Waals surface area contributed by atoms with E-state index in [1.807, 2.05) is 12.3 Å². The van der Waals surface area contributed by atoms with Crippen LogP contribution in [0.2, 0.25) is 0 Å². The lowest BCUT2D eigenvalue weighted by Crippen LogP contribution is -2.54. The van der Waals surface area contributed by atoms with Crippen LogP contribution in [0.3, 0.4) is 0 Å². The molecule has 1 aromatic rings. The molecule has 2 N–H and O–H groups in total. The van der Waals surface area contributed by atoms with Crippen molar-refractivity contribution in [2.75, 3.05) is 33.4 Å². The van der Waals surface area contributed by atoms with Crippen molar-refractivity contribution in [2.45, 2.75) is 6.54 Å². The first kappa shape index (κ1) is 11.5. The van der Waals surface area contributed by atoms with Gasteiger partial charge >= 0.3 is 0 Å². The van der Waals surface area contributed by atoms with Gasteiger partial charge in [-0.05, 0) is 18.7 Å². The Balaban J connectivity index is 1.87. The zero-order valence-corrected chi connectivity index (χ0v) is 9.72. The topological polar surface area (TPSA) is 51.4 Å². The van der Waals surface area contributed by atoms with Crippen LogP contribution < -0.4 is 5.73 Å². The SMILES string of the molecule is CN(Cc1cccnc1)CC1(CN)COC1. The van der Waals surface area contributed by atoms with Gasteiger partial charge in [-0.2, -0.15) is 0 Å². The van der Waals surface area contributed by atoms with E-state index < -0.39 is 0 Å². The van der Waals surface area contributed by atoms with Crippen molar-refractivity contribution in [3.63, 3.8) is 0 Å². The third-order valence-electron chi connectivity index (χ3n) is 3.03. The molecule has 0 radical (unpaired) electrons. The highest BCUT2D eigenvalue weighted by molar-refractivity contribution is 5.08. The molecule has 16 heavy (non-hydrogen) atoms. The highest BCUT2D eigenvalue weighted by Crippen LogP contribution is 2.27. The van der Waals surface area contributed by atoms with Crippen molar-refractivity contribution in [3.05, 3.63) is 30.1 Å². The van der Waals surface area contributed by atoms with Gasteiger partial charge in [-0.3, -0.25) is 4.98 Å². The first-order valence-corrected chi connectivity index (χ1v) is 5.59. The monoisotopic (exact) mass is 221 g/mol. The molecular weight excluding hydrogens is 202 g/mol. The number of nitrogens with two attached hydrogens (primary N) is 1. The molecule has 1 fully saturated rings. The van der Waals surface area contributed by atoms with Crippen molar-refractivity contribution in [1.29, 1.82) is 0 Å². The molecule has 1 saturated heterocycles. The van der Waals surface area contributed by atoms with Gasteiger partial charge < -0.3 is 15.4 Å². The maximum absolute atomic E-state index is 5.79. The number of aromatic nitrogens is 1. The lowest BCUT2D eigenvalue weighted by atomic mass is 9.85. The average molecular weight is 221 g/mol. The van der Waals surface area contributed by atoms with E-state index in [0.29, 0.717) is 6.54 Å². The van der Waals surface area contributed by atoms with Gasteiger partial charge in [0.1, 0.15) is 0 Å². The predicted octanol–water partition coefficient (Wildman–Crippen LogP) is 0.489. The first-order chi connectivity index (χ1) is 7.74. The molecule has 0 aromatic carbocycles. The fourth-order valence-corrected chi connectivity index (χ4v) is 2.10. The molecule has 1 aliphatic heterocycles. The Morgan fingerprint density at radius 3 is 2.88 bits per heavy atom. The van der Waals surface area contributed by atoms with E-state index in [1.165, 1.54) is 5.56 Å². The minimum Gasteiger partial charge on any atom is -0.380 e. The first-order valence-electron chi connectivity index (χ1n) is 5.59. The maximum atomic E-state index is 5.79. The Morgan fingerprint density at radius 2 is 2.38 bits per heavy atom. The number of ether oxygens (including phenoxy) is 1. The van der Waals surface area contributed by atoms with Crippen LogP contribution in [-0.2, 0) is 11.3 Å². The Morgan fingerprint density at radius 1 is 1.56 bits per heavy atom. The normalized spacial score (nSPS) is 18.4. The van der Waals surface area contributed by atoms with Gasteiger partial charge in [0.25, 0.3) is 0 Å². The molecule has 0 spiro atoms. The Bertz CT molecular complexity index is 319. The summed E-state index contributed by atoms with van der Waals surface area (Å²) in [5.41, 5.74) is 7.20. The van der Waals surface area contributed by atoms with Crippen LogP contribution in [-0.4, -0.2) is 43.2 Å². The van der Waals surface area contributed by atoms with Crippen molar-refractivity contribution in [3.8, 4) is 0 Å². The van der Waals surface area contributed by atoms with E-state index >= 15 is 0 Å². The predicted molar refractivity (Wildman–Crippen MR) is 62.9 cm³/mol. The highest BCUT2D eigenvalue weighted by atomic mass is 16.5. The molecule has 0 saturated carbocycles. The summed E-state index contributed by atoms with van der Waals surface area (Å²) in [6.45, 7) is 4.18. The van der Waals surface area contributed by atoms with Crippen LogP contribution in [0.1, 0.15) is 5.56 Å². The Hall–Kier alpha value is -0.970. The van der Waals surface area contributed by atoms with E-state index in [-0.39, 0.29) is 5.41 Å². The molecule has 1 aromatic heterocycles. The summed E-state index contributed by atoms with van der Waals surface area (Å²) in [7, 11) is 2.11. The van der Waals surface area contributed by atoms with Crippen LogP contribution in [0.5, 0.6) is 0 Å². The standard InChI is InChI=1S/C12H19N3O/c1-15(6-11-3-2-4-14-5-11)8-12(7-13)9-16-10-12/h2-5H,6-10,13H2,1H3. The van der Waals surface area contributed by atoms with Gasteiger partial charge in [0.15, 0.2) is 0 Å². The maximum Gasteiger partial charge on any atom is 0.0569 e. The Kier molecular flexibility index (Phi) is 3.53. The summed E-state index contributed by atoms with van der Waals surface area (Å²) < 4.78 is 5.26. The van der Waals surface area contributed by atoms with E-state index in [2.05, 4.69) is 23.0 Å². The Labute approximate surface area is 96.4 Å². The molecule has 2 rings (SSSR count). The minimum atomic E-state index is 0.178. The fraction of sp³-hybridized carbons (Fsp3) is 0.583. The van der Waals surface area contributed by atoms with Gasteiger partial charge in [0.05, 0.1) is 13.2 Å². The van der Waals surface area contributed by atoms with Gasteiger partial charge in [-0.15, -0.1) is 0 Å². The number of nitrogens with zero attached hydrogens (tertiary/aromatic N) is 2. The number of pyridine rings is 1. The van der Waals surface area contributed by atoms with Crippen molar-refractivity contribution in [2.24, 2.45) is 11.1 Å². The summed E-state index contributed by atoms with van der Waals surface area (Å²) in [4.78, 5) is 6.40. The molecule has 1 aliphatic rings. The number of rotatable bonds is 5. The molecular formula is C12H19N3O. The van der Waals surface area contributed by atoms with Crippen LogP contribution in [0, 0.1) is 5.41 Å². The molecule has 2 heterocycles. The van der Waals surface area contributed by atoms with Crippen molar-refractivity contribution >= 4 is 0 Å². The fourth-order valence-electron chi connectivity index (χ4n) is 2.10. The number of hydrogen-bond donors (Lipinski definition) is 1. The van der Waals surface area contributed by atoms with Crippen LogP contribution in [0.25, 0.3) is 0 Å². The summed E-state index contributed by atoms with van der Waals surface area (Å²) in [5.74, 6) is 0. The van der Waals surface area contributed by atoms with Gasteiger partial charge in [-0.25, -0.2) is 0 Å². The largest absolute Gasteiger partial charge is 0.380 e. The molecule has 0 amide bonds. The second kappa shape index (κ2) is 4.91. The summed E-state index contributed by atoms with van der Waals surface area (Å²) in [6, 6.07) is 4.06. The zero-order chi connectivity index (χ0) is 11.4. The lowest BCUT2D eigenvalue weighted by Gasteiger charge is -2.43. The lowest BCUT2D eigenvalue weighted by molar-refractivity contribution is -0.118. The molecule has 0 unspecified atom stereocenters. The van der Waals surface area contributed by atoms with Gasteiger partial charge in [0, 0.05) is 37.4 Å².